The maximum Gasteiger partial charge on any atom is 0.265 e. The van der Waals surface area contributed by atoms with Gasteiger partial charge >= 0.3 is 0 Å². The first-order valence-electron chi connectivity index (χ1n) is 7.62. The van der Waals surface area contributed by atoms with Crippen LogP contribution in [0, 0.1) is 22.8 Å². The fraction of sp³-hybridized carbons (Fsp3) is 0.312. The molecule has 0 unspecified atom stereocenters. The monoisotopic (exact) mass is 339 g/mol. The van der Waals surface area contributed by atoms with Crippen molar-refractivity contribution in [3.63, 3.8) is 0 Å². The van der Waals surface area contributed by atoms with E-state index in [9.17, 15) is 9.18 Å². The number of nitriles is 2. The van der Waals surface area contributed by atoms with Crippen molar-refractivity contribution in [1.29, 1.82) is 10.5 Å². The number of rotatable bonds is 3. The third-order valence-corrected chi connectivity index (χ3v) is 3.97. The third-order valence-electron chi connectivity index (χ3n) is 3.97. The lowest BCUT2D eigenvalue weighted by Crippen LogP contribution is -2.51. The molecule has 2 aromatic rings. The molecule has 8 nitrogen and oxygen atoms in total. The zero-order chi connectivity index (χ0) is 17.9. The van der Waals surface area contributed by atoms with Gasteiger partial charge in [-0.25, -0.2) is 9.07 Å². The van der Waals surface area contributed by atoms with Gasteiger partial charge in [0.25, 0.3) is 5.91 Å². The van der Waals surface area contributed by atoms with E-state index in [0.29, 0.717) is 24.2 Å². The van der Waals surface area contributed by atoms with Crippen LogP contribution in [0.1, 0.15) is 18.4 Å². The van der Waals surface area contributed by atoms with E-state index in [2.05, 4.69) is 15.6 Å². The summed E-state index contributed by atoms with van der Waals surface area (Å²) in [6.07, 6.45) is 3.78. The van der Waals surface area contributed by atoms with Crippen LogP contribution in [0.15, 0.2) is 30.5 Å². The van der Waals surface area contributed by atoms with Gasteiger partial charge in [-0.15, -0.1) is 5.10 Å². The lowest BCUT2D eigenvalue weighted by atomic mass is 9.94. The number of nitrogens with one attached hydrogen (secondary N) is 1. The normalized spacial score (nSPS) is 19.7. The summed E-state index contributed by atoms with van der Waals surface area (Å²) in [7, 11) is 0. The van der Waals surface area contributed by atoms with Crippen molar-refractivity contribution >= 4 is 11.7 Å². The summed E-state index contributed by atoms with van der Waals surface area (Å²) in [5.74, 6) is -0.747. The van der Waals surface area contributed by atoms with Gasteiger partial charge in [0.1, 0.15) is 0 Å². The average molecular weight is 339 g/mol. The molecule has 126 valence electrons. The Hall–Kier alpha value is -3.46. The maximum absolute atomic E-state index is 14.8. The second kappa shape index (κ2) is 6.57. The number of nitrogens with zero attached hydrogens (tertiary/aromatic N) is 6. The highest BCUT2D eigenvalue weighted by atomic mass is 19.1. The van der Waals surface area contributed by atoms with Crippen LogP contribution in [-0.4, -0.2) is 44.6 Å². The van der Waals surface area contributed by atoms with Gasteiger partial charge in [-0.05, 0) is 31.0 Å². The van der Waals surface area contributed by atoms with Crippen LogP contribution in [0.25, 0.3) is 5.69 Å². The molecule has 0 aliphatic carbocycles. The molecular formula is C16H14FN7O. The Labute approximate surface area is 143 Å². The van der Waals surface area contributed by atoms with Crippen molar-refractivity contribution in [3.8, 4) is 17.9 Å². The van der Waals surface area contributed by atoms with Crippen LogP contribution < -0.4 is 5.32 Å². The zero-order valence-corrected chi connectivity index (χ0v) is 13.2. The van der Waals surface area contributed by atoms with Gasteiger partial charge in [-0.2, -0.15) is 10.5 Å². The first kappa shape index (κ1) is 16.4. The highest BCUT2D eigenvalue weighted by molar-refractivity contribution is 5.96. The molecule has 1 atom stereocenters. The SMILES string of the molecule is N#Cc1cccc(-n2cc(NC(=O)[C@@]3(F)CCCN(C#N)C3)nn2)c1. The smallest absolute Gasteiger partial charge is 0.265 e. The molecule has 1 aromatic carbocycles. The minimum atomic E-state index is -2.14. The van der Waals surface area contributed by atoms with E-state index in [1.807, 2.05) is 12.3 Å². The molecule has 2 heterocycles. The van der Waals surface area contributed by atoms with Crippen LogP contribution in [0.3, 0.4) is 0 Å². The largest absolute Gasteiger partial charge is 0.307 e. The third kappa shape index (κ3) is 3.40. The summed E-state index contributed by atoms with van der Waals surface area (Å²) >= 11 is 0. The Balaban J connectivity index is 1.74. The van der Waals surface area contributed by atoms with Gasteiger partial charge in [0.2, 0.25) is 5.67 Å². The number of hydrogen-bond acceptors (Lipinski definition) is 6. The van der Waals surface area contributed by atoms with Crippen molar-refractivity contribution in [2.45, 2.75) is 18.5 Å². The van der Waals surface area contributed by atoms with Crippen LogP contribution in [-0.2, 0) is 4.79 Å². The van der Waals surface area contributed by atoms with E-state index in [1.165, 1.54) is 15.8 Å². The minimum absolute atomic E-state index is 0.0510. The van der Waals surface area contributed by atoms with E-state index < -0.39 is 11.6 Å². The van der Waals surface area contributed by atoms with E-state index in [4.69, 9.17) is 10.5 Å². The summed E-state index contributed by atoms with van der Waals surface area (Å²) in [5.41, 5.74) is -1.09. The summed E-state index contributed by atoms with van der Waals surface area (Å²) in [6.45, 7) is 0.175. The Bertz CT molecular complexity index is 881. The van der Waals surface area contributed by atoms with Crippen molar-refractivity contribution < 1.29 is 9.18 Å². The zero-order valence-electron chi connectivity index (χ0n) is 13.2. The van der Waals surface area contributed by atoms with E-state index in [-0.39, 0.29) is 18.8 Å². The molecule has 0 saturated carbocycles. The quantitative estimate of drug-likeness (QED) is 0.845. The fourth-order valence-corrected chi connectivity index (χ4v) is 2.68. The van der Waals surface area contributed by atoms with Crippen molar-refractivity contribution in [2.75, 3.05) is 18.4 Å². The first-order valence-corrected chi connectivity index (χ1v) is 7.62. The number of aromatic nitrogens is 3. The number of anilines is 1. The number of amides is 1. The highest BCUT2D eigenvalue weighted by Gasteiger charge is 2.43. The number of likely N-dealkylation sites (tertiary alicyclic amines) is 1. The molecule has 25 heavy (non-hydrogen) atoms. The molecule has 1 saturated heterocycles. The molecule has 1 amide bonds. The van der Waals surface area contributed by atoms with Gasteiger partial charge in [-0.3, -0.25) is 4.79 Å². The predicted molar refractivity (Wildman–Crippen MR) is 85.0 cm³/mol. The van der Waals surface area contributed by atoms with Gasteiger partial charge in [0, 0.05) is 6.54 Å². The highest BCUT2D eigenvalue weighted by Crippen LogP contribution is 2.26. The molecular weight excluding hydrogens is 325 g/mol. The molecule has 1 N–H and O–H groups in total. The lowest BCUT2D eigenvalue weighted by Gasteiger charge is -2.32. The summed E-state index contributed by atoms with van der Waals surface area (Å²) in [6, 6.07) is 8.71. The molecule has 9 heteroatoms. The summed E-state index contributed by atoms with van der Waals surface area (Å²) in [5, 5.41) is 27.9. The number of alkyl halides is 1. The van der Waals surface area contributed by atoms with Gasteiger partial charge in [-0.1, -0.05) is 11.3 Å². The second-order valence-corrected chi connectivity index (χ2v) is 5.76. The van der Waals surface area contributed by atoms with Gasteiger partial charge < -0.3 is 10.2 Å². The lowest BCUT2D eigenvalue weighted by molar-refractivity contribution is -0.130. The number of halogens is 1. The number of carbonyl (C=O) groups is 1. The number of carbonyl (C=O) groups excluding carboxylic acids is 1. The van der Waals surface area contributed by atoms with E-state index >= 15 is 0 Å². The fourth-order valence-electron chi connectivity index (χ4n) is 2.68. The van der Waals surface area contributed by atoms with Crippen LogP contribution in [0.2, 0.25) is 0 Å². The summed E-state index contributed by atoms with van der Waals surface area (Å²) < 4.78 is 16.2. The van der Waals surface area contributed by atoms with E-state index in [1.54, 1.807) is 24.3 Å². The average Bonchev–Trinajstić information content (AvgIpc) is 3.10. The van der Waals surface area contributed by atoms with Gasteiger partial charge in [0.15, 0.2) is 12.0 Å². The molecule has 0 spiro atoms. The molecule has 1 fully saturated rings. The maximum atomic E-state index is 14.8. The van der Waals surface area contributed by atoms with Crippen molar-refractivity contribution in [1.82, 2.24) is 19.9 Å². The molecule has 1 aliphatic rings. The van der Waals surface area contributed by atoms with Crippen molar-refractivity contribution in [3.05, 3.63) is 36.0 Å². The Kier molecular flexibility index (Phi) is 4.31. The van der Waals surface area contributed by atoms with E-state index in [0.717, 1.165) is 0 Å². The van der Waals surface area contributed by atoms with Crippen molar-refractivity contribution in [2.24, 2.45) is 0 Å². The van der Waals surface area contributed by atoms with Crippen LogP contribution >= 0.6 is 0 Å². The first-order chi connectivity index (χ1) is 12.0. The summed E-state index contributed by atoms with van der Waals surface area (Å²) in [4.78, 5) is 13.5. The molecule has 1 aliphatic heterocycles. The van der Waals surface area contributed by atoms with Crippen LogP contribution in [0.5, 0.6) is 0 Å². The molecule has 0 bridgehead atoms. The second-order valence-electron chi connectivity index (χ2n) is 5.76. The Morgan fingerprint density at radius 3 is 3.00 bits per heavy atom. The Morgan fingerprint density at radius 2 is 2.24 bits per heavy atom. The number of hydrogen-bond donors (Lipinski definition) is 1. The predicted octanol–water partition coefficient (Wildman–Crippen LogP) is 1.36. The molecule has 1 aromatic heterocycles. The minimum Gasteiger partial charge on any atom is -0.307 e. The standard InChI is InChI=1S/C16H14FN7O/c17-16(5-2-6-23(10-16)11-19)15(25)20-14-9-24(22-21-14)13-4-1-3-12(7-13)8-18/h1,3-4,7,9H,2,5-6,10H2,(H,20,25)/t16-/m1/s1. The number of piperidine rings is 1. The Morgan fingerprint density at radius 1 is 1.40 bits per heavy atom. The molecule has 3 rings (SSSR count). The molecule has 0 radical (unpaired) electrons. The van der Waals surface area contributed by atoms with Crippen LogP contribution in [0.4, 0.5) is 10.2 Å². The topological polar surface area (TPSA) is 111 Å². The van der Waals surface area contributed by atoms with Gasteiger partial charge in [0.05, 0.1) is 30.1 Å². The number of benzene rings is 1.